The predicted molar refractivity (Wildman–Crippen MR) is 81.4 cm³/mol. The topological polar surface area (TPSA) is 116 Å². The molecule has 0 aliphatic carbocycles. The van der Waals surface area contributed by atoms with Gasteiger partial charge >= 0.3 is 0 Å². The van der Waals surface area contributed by atoms with Gasteiger partial charge in [0.25, 0.3) is 11.4 Å². The Hall–Kier alpha value is -3.00. The minimum atomic E-state index is -1.09. The summed E-state index contributed by atoms with van der Waals surface area (Å²) < 4.78 is 5.34. The smallest absolute Gasteiger partial charge is 0.276 e. The lowest BCUT2D eigenvalue weighted by atomic mass is 10.1. The molecule has 2 aromatic rings. The Kier molecular flexibility index (Phi) is 4.87. The van der Waals surface area contributed by atoms with Crippen molar-refractivity contribution in [2.24, 2.45) is 0 Å². The Labute approximate surface area is 131 Å². The van der Waals surface area contributed by atoms with E-state index in [1.165, 1.54) is 24.3 Å². The molecule has 1 atom stereocenters. The lowest BCUT2D eigenvalue weighted by molar-refractivity contribution is -0.385. The molecule has 0 radical (unpaired) electrons. The van der Waals surface area contributed by atoms with Crippen LogP contribution in [0.1, 0.15) is 17.2 Å². The summed E-state index contributed by atoms with van der Waals surface area (Å²) in [7, 11) is 0. The van der Waals surface area contributed by atoms with Crippen LogP contribution in [-0.4, -0.2) is 21.6 Å². The number of nitrogens with zero attached hydrogens (tertiary/aromatic N) is 2. The number of benzene rings is 2. The van der Waals surface area contributed by atoms with Crippen molar-refractivity contribution >= 4 is 11.4 Å². The fraction of sp³-hybridized carbons (Fsp3) is 0.200. The highest BCUT2D eigenvalue weighted by Gasteiger charge is 2.15. The van der Waals surface area contributed by atoms with Crippen LogP contribution in [0, 0.1) is 27.2 Å². The van der Waals surface area contributed by atoms with Crippen LogP contribution in [0.2, 0.25) is 0 Å². The van der Waals surface area contributed by atoms with Crippen molar-refractivity contribution in [2.45, 2.75) is 13.0 Å². The number of aliphatic hydroxyl groups is 1. The molecule has 23 heavy (non-hydrogen) atoms. The number of ether oxygens (including phenoxy) is 1. The molecule has 0 heterocycles. The van der Waals surface area contributed by atoms with Crippen LogP contribution in [0.4, 0.5) is 11.4 Å². The Morgan fingerprint density at radius 2 is 1.87 bits per heavy atom. The minimum absolute atomic E-state index is 0.0765. The molecule has 0 aliphatic rings. The van der Waals surface area contributed by atoms with Gasteiger partial charge in [-0.25, -0.2) is 0 Å². The van der Waals surface area contributed by atoms with Gasteiger partial charge in [-0.15, -0.1) is 0 Å². The molecule has 0 aliphatic heterocycles. The number of non-ortho nitro benzene ring substituents is 1. The summed E-state index contributed by atoms with van der Waals surface area (Å²) >= 11 is 0. The van der Waals surface area contributed by atoms with E-state index in [-0.39, 0.29) is 23.7 Å². The zero-order valence-electron chi connectivity index (χ0n) is 12.2. The van der Waals surface area contributed by atoms with E-state index in [2.05, 4.69) is 0 Å². The normalized spacial score (nSPS) is 11.7. The first-order chi connectivity index (χ1) is 10.9. The van der Waals surface area contributed by atoms with E-state index < -0.39 is 16.0 Å². The quantitative estimate of drug-likeness (QED) is 0.646. The summed E-state index contributed by atoms with van der Waals surface area (Å²) in [5.74, 6) is 0.242. The van der Waals surface area contributed by atoms with E-state index in [0.717, 1.165) is 0 Å². The monoisotopic (exact) mass is 318 g/mol. The predicted octanol–water partition coefficient (Wildman–Crippen LogP) is 2.92. The summed E-state index contributed by atoms with van der Waals surface area (Å²) in [6.07, 6.45) is -1.09. The van der Waals surface area contributed by atoms with Crippen molar-refractivity contribution in [3.63, 3.8) is 0 Å². The lowest BCUT2D eigenvalue weighted by Gasteiger charge is -2.12. The fourth-order valence-corrected chi connectivity index (χ4v) is 1.99. The number of aliphatic hydroxyl groups excluding tert-OH is 1. The van der Waals surface area contributed by atoms with E-state index in [9.17, 15) is 25.3 Å². The van der Waals surface area contributed by atoms with Crippen molar-refractivity contribution in [2.75, 3.05) is 6.61 Å². The zero-order valence-corrected chi connectivity index (χ0v) is 12.2. The highest BCUT2D eigenvalue weighted by molar-refractivity contribution is 5.45. The lowest BCUT2D eigenvalue weighted by Crippen LogP contribution is -2.10. The Bertz CT molecular complexity index is 746. The van der Waals surface area contributed by atoms with Crippen LogP contribution in [0.25, 0.3) is 0 Å². The van der Waals surface area contributed by atoms with E-state index in [1.807, 2.05) is 0 Å². The van der Waals surface area contributed by atoms with Crippen LogP contribution in [-0.2, 0) is 0 Å². The largest absolute Gasteiger partial charge is 0.490 e. The van der Waals surface area contributed by atoms with Crippen molar-refractivity contribution < 1.29 is 19.7 Å². The van der Waals surface area contributed by atoms with Gasteiger partial charge in [0, 0.05) is 17.7 Å². The molecule has 2 aromatic carbocycles. The van der Waals surface area contributed by atoms with Gasteiger partial charge in [0.15, 0.2) is 0 Å². The molecule has 120 valence electrons. The molecule has 1 unspecified atom stereocenters. The van der Waals surface area contributed by atoms with Gasteiger partial charge in [0.2, 0.25) is 0 Å². The molecular weight excluding hydrogens is 304 g/mol. The van der Waals surface area contributed by atoms with Crippen molar-refractivity contribution in [1.82, 2.24) is 0 Å². The average Bonchev–Trinajstić information content (AvgIpc) is 2.53. The third-order valence-electron chi connectivity index (χ3n) is 3.25. The van der Waals surface area contributed by atoms with Crippen molar-refractivity contribution in [1.29, 1.82) is 0 Å². The molecule has 0 spiro atoms. The molecule has 0 saturated heterocycles. The third kappa shape index (κ3) is 4.01. The van der Waals surface area contributed by atoms with Crippen molar-refractivity contribution in [3.8, 4) is 5.75 Å². The van der Waals surface area contributed by atoms with E-state index in [4.69, 9.17) is 4.74 Å². The molecule has 0 amide bonds. The van der Waals surface area contributed by atoms with Crippen molar-refractivity contribution in [3.05, 3.63) is 73.8 Å². The van der Waals surface area contributed by atoms with Gasteiger partial charge in [-0.05, 0) is 24.6 Å². The maximum atomic E-state index is 10.9. The zero-order chi connectivity index (χ0) is 17.0. The summed E-state index contributed by atoms with van der Waals surface area (Å²) in [5.41, 5.74) is 0.627. The highest BCUT2D eigenvalue weighted by atomic mass is 16.6. The van der Waals surface area contributed by atoms with Crippen LogP contribution in [0.15, 0.2) is 42.5 Å². The first kappa shape index (κ1) is 16.4. The number of nitro benzene ring substituents is 2. The molecule has 0 saturated carbocycles. The van der Waals surface area contributed by atoms with Gasteiger partial charge in [-0.2, -0.15) is 0 Å². The molecule has 2 rings (SSSR count). The highest BCUT2D eigenvalue weighted by Crippen LogP contribution is 2.25. The molecule has 0 bridgehead atoms. The number of aryl methyl sites for hydroxylation is 1. The Morgan fingerprint density at radius 3 is 2.52 bits per heavy atom. The van der Waals surface area contributed by atoms with E-state index in [1.54, 1.807) is 25.1 Å². The Balaban J connectivity index is 2.08. The summed E-state index contributed by atoms with van der Waals surface area (Å²) in [4.78, 5) is 20.5. The van der Waals surface area contributed by atoms with Gasteiger partial charge in [-0.1, -0.05) is 12.1 Å². The standard InChI is InChI=1S/C15H14N2O6/c1-10-5-6-13(8-14(10)17(21)22)23-9-15(18)11-3-2-4-12(7-11)16(19)20/h2-8,15,18H,9H2,1H3. The maximum absolute atomic E-state index is 10.9. The molecule has 8 nitrogen and oxygen atoms in total. The second-order valence-electron chi connectivity index (χ2n) is 4.88. The second-order valence-corrected chi connectivity index (χ2v) is 4.88. The first-order valence-corrected chi connectivity index (χ1v) is 6.68. The summed E-state index contributed by atoms with van der Waals surface area (Å²) in [6, 6.07) is 9.96. The average molecular weight is 318 g/mol. The number of rotatable bonds is 6. The SMILES string of the molecule is Cc1ccc(OCC(O)c2cccc([N+](=O)[O-])c2)cc1[N+](=O)[O-]. The van der Waals surface area contributed by atoms with E-state index >= 15 is 0 Å². The van der Waals surface area contributed by atoms with Gasteiger partial charge in [-0.3, -0.25) is 20.2 Å². The van der Waals surface area contributed by atoms with Crippen LogP contribution in [0.5, 0.6) is 5.75 Å². The molecule has 0 aromatic heterocycles. The minimum Gasteiger partial charge on any atom is -0.490 e. The molecule has 8 heteroatoms. The maximum Gasteiger partial charge on any atom is 0.276 e. The summed E-state index contributed by atoms with van der Waals surface area (Å²) in [6.45, 7) is 1.43. The molecule has 1 N–H and O–H groups in total. The van der Waals surface area contributed by atoms with Crippen LogP contribution in [0.3, 0.4) is 0 Å². The first-order valence-electron chi connectivity index (χ1n) is 6.68. The molecular formula is C15H14N2O6. The summed E-state index contributed by atoms with van der Waals surface area (Å²) in [5, 5.41) is 31.6. The molecule has 0 fully saturated rings. The van der Waals surface area contributed by atoms with E-state index in [0.29, 0.717) is 11.1 Å². The second kappa shape index (κ2) is 6.84. The van der Waals surface area contributed by atoms with Crippen LogP contribution >= 0.6 is 0 Å². The van der Waals surface area contributed by atoms with Gasteiger partial charge in [0.1, 0.15) is 18.5 Å². The Morgan fingerprint density at radius 1 is 1.13 bits per heavy atom. The third-order valence-corrected chi connectivity index (χ3v) is 3.25. The fourth-order valence-electron chi connectivity index (χ4n) is 1.99. The van der Waals surface area contributed by atoms with Crippen LogP contribution < -0.4 is 4.74 Å². The number of nitro groups is 2. The van der Waals surface area contributed by atoms with Gasteiger partial charge in [0.05, 0.1) is 15.9 Å². The number of hydrogen-bond acceptors (Lipinski definition) is 6. The number of hydrogen-bond donors (Lipinski definition) is 1. The van der Waals surface area contributed by atoms with Gasteiger partial charge < -0.3 is 9.84 Å².